The number of hydrogen-bond donors (Lipinski definition) is 3. The van der Waals surface area contributed by atoms with E-state index in [0.29, 0.717) is 24.4 Å². The SMILES string of the molecule is CN(C)CCN(C)CC(O)COc1ccc(-c2cc(-c3cc4c([nH]3)CCNC4=O)ccn2)cc1. The maximum atomic E-state index is 12.1. The molecule has 4 rings (SSSR count). The van der Waals surface area contributed by atoms with Gasteiger partial charge >= 0.3 is 0 Å². The van der Waals surface area contributed by atoms with E-state index >= 15 is 0 Å². The van der Waals surface area contributed by atoms with Crippen molar-refractivity contribution in [2.45, 2.75) is 12.5 Å². The van der Waals surface area contributed by atoms with Crippen molar-refractivity contribution in [1.29, 1.82) is 0 Å². The number of benzene rings is 1. The van der Waals surface area contributed by atoms with Crippen molar-refractivity contribution >= 4 is 5.91 Å². The van der Waals surface area contributed by atoms with Gasteiger partial charge in [-0.2, -0.15) is 0 Å². The minimum atomic E-state index is -0.557. The number of aliphatic hydroxyl groups excluding tert-OH is 1. The molecule has 1 aromatic carbocycles. The summed E-state index contributed by atoms with van der Waals surface area (Å²) in [5, 5.41) is 13.2. The maximum Gasteiger partial charge on any atom is 0.253 e. The van der Waals surface area contributed by atoms with Gasteiger partial charge in [-0.25, -0.2) is 0 Å². The van der Waals surface area contributed by atoms with Crippen molar-refractivity contribution in [2.75, 3.05) is 53.9 Å². The Morgan fingerprint density at radius 1 is 1.09 bits per heavy atom. The molecule has 0 spiro atoms. The number of nitrogens with zero attached hydrogens (tertiary/aromatic N) is 3. The molecule has 8 heteroatoms. The molecule has 1 atom stereocenters. The first-order chi connectivity index (χ1) is 16.4. The summed E-state index contributed by atoms with van der Waals surface area (Å²) >= 11 is 0. The van der Waals surface area contributed by atoms with Crippen LogP contribution in [0.4, 0.5) is 0 Å². The van der Waals surface area contributed by atoms with Gasteiger partial charge in [0.15, 0.2) is 0 Å². The lowest BCUT2D eigenvalue weighted by molar-refractivity contribution is 0.0746. The van der Waals surface area contributed by atoms with Crippen molar-refractivity contribution in [1.82, 2.24) is 25.1 Å². The summed E-state index contributed by atoms with van der Waals surface area (Å²) in [6.07, 6.45) is 2.03. The van der Waals surface area contributed by atoms with E-state index in [-0.39, 0.29) is 12.5 Å². The predicted octanol–water partition coefficient (Wildman–Crippen LogP) is 2.26. The molecule has 2 aromatic heterocycles. The van der Waals surface area contributed by atoms with Crippen molar-refractivity contribution in [3.05, 3.63) is 59.9 Å². The van der Waals surface area contributed by atoms with E-state index in [1.807, 2.05) is 63.6 Å². The van der Waals surface area contributed by atoms with Gasteiger partial charge in [-0.15, -0.1) is 0 Å². The summed E-state index contributed by atoms with van der Waals surface area (Å²) in [6.45, 7) is 3.30. The number of aromatic amines is 1. The number of aliphatic hydroxyl groups is 1. The van der Waals surface area contributed by atoms with Gasteiger partial charge in [-0.05, 0) is 63.6 Å². The Hall–Kier alpha value is -3.20. The average Bonchev–Trinajstić information content (AvgIpc) is 3.28. The second kappa shape index (κ2) is 10.8. The van der Waals surface area contributed by atoms with Crippen molar-refractivity contribution in [2.24, 2.45) is 0 Å². The minimum absolute atomic E-state index is 0.0288. The molecule has 3 N–H and O–H groups in total. The fraction of sp³-hybridized carbons (Fsp3) is 0.385. The Morgan fingerprint density at radius 2 is 1.88 bits per heavy atom. The Morgan fingerprint density at radius 3 is 2.62 bits per heavy atom. The van der Waals surface area contributed by atoms with Gasteiger partial charge in [0.2, 0.25) is 0 Å². The van der Waals surface area contributed by atoms with Crippen molar-refractivity contribution in [3.8, 4) is 28.3 Å². The smallest absolute Gasteiger partial charge is 0.253 e. The molecule has 0 saturated heterocycles. The van der Waals surface area contributed by atoms with Gasteiger partial charge in [0, 0.05) is 61.3 Å². The molecule has 1 unspecified atom stereocenters. The Balaban J connectivity index is 1.36. The summed E-state index contributed by atoms with van der Waals surface area (Å²) in [5.41, 5.74) is 5.39. The molecule has 0 fully saturated rings. The van der Waals surface area contributed by atoms with E-state index in [1.165, 1.54) is 0 Å². The topological polar surface area (TPSA) is 93.7 Å². The number of carbonyl (C=O) groups is 1. The Labute approximate surface area is 200 Å². The van der Waals surface area contributed by atoms with Crippen LogP contribution in [-0.2, 0) is 6.42 Å². The zero-order chi connectivity index (χ0) is 24.1. The van der Waals surface area contributed by atoms with E-state index < -0.39 is 6.10 Å². The molecule has 180 valence electrons. The van der Waals surface area contributed by atoms with Crippen LogP contribution in [0.5, 0.6) is 5.75 Å². The van der Waals surface area contributed by atoms with Crippen LogP contribution in [0.1, 0.15) is 16.1 Å². The van der Waals surface area contributed by atoms with Gasteiger partial charge in [0.25, 0.3) is 5.91 Å². The lowest BCUT2D eigenvalue weighted by Gasteiger charge is -2.22. The zero-order valence-corrected chi connectivity index (χ0v) is 20.0. The fourth-order valence-electron chi connectivity index (χ4n) is 3.99. The van der Waals surface area contributed by atoms with Crippen LogP contribution in [0.25, 0.3) is 22.5 Å². The molecular formula is C26H33N5O3. The number of amides is 1. The van der Waals surface area contributed by atoms with Crippen LogP contribution in [0.15, 0.2) is 48.7 Å². The van der Waals surface area contributed by atoms with Gasteiger partial charge in [-0.3, -0.25) is 9.78 Å². The van der Waals surface area contributed by atoms with E-state index in [9.17, 15) is 9.90 Å². The number of likely N-dealkylation sites (N-methyl/N-ethyl adjacent to an activating group) is 2. The molecule has 1 amide bonds. The van der Waals surface area contributed by atoms with Crippen LogP contribution < -0.4 is 10.1 Å². The highest BCUT2D eigenvalue weighted by Crippen LogP contribution is 2.28. The first kappa shape index (κ1) is 23.9. The lowest BCUT2D eigenvalue weighted by atomic mass is 10.1. The van der Waals surface area contributed by atoms with Crippen LogP contribution >= 0.6 is 0 Å². The summed E-state index contributed by atoms with van der Waals surface area (Å²) in [5.74, 6) is 0.678. The third kappa shape index (κ3) is 6.02. The van der Waals surface area contributed by atoms with E-state index in [0.717, 1.165) is 47.7 Å². The van der Waals surface area contributed by atoms with Crippen LogP contribution in [0, 0.1) is 0 Å². The highest BCUT2D eigenvalue weighted by atomic mass is 16.5. The summed E-state index contributed by atoms with van der Waals surface area (Å²) in [7, 11) is 6.07. The fourth-order valence-corrected chi connectivity index (χ4v) is 3.99. The van der Waals surface area contributed by atoms with Crippen LogP contribution in [-0.4, -0.2) is 90.8 Å². The number of H-pyrrole nitrogens is 1. The molecule has 0 saturated carbocycles. The second-order valence-electron chi connectivity index (χ2n) is 9.07. The molecule has 1 aliphatic heterocycles. The van der Waals surface area contributed by atoms with E-state index in [2.05, 4.69) is 25.1 Å². The maximum absolute atomic E-state index is 12.1. The monoisotopic (exact) mass is 463 g/mol. The summed E-state index contributed by atoms with van der Waals surface area (Å²) in [4.78, 5) is 24.2. The zero-order valence-electron chi connectivity index (χ0n) is 20.0. The van der Waals surface area contributed by atoms with E-state index in [1.54, 1.807) is 6.20 Å². The molecular weight excluding hydrogens is 430 g/mol. The van der Waals surface area contributed by atoms with E-state index in [4.69, 9.17) is 4.74 Å². The Kier molecular flexibility index (Phi) is 7.62. The third-order valence-electron chi connectivity index (χ3n) is 5.92. The Bertz CT molecular complexity index is 1110. The lowest BCUT2D eigenvalue weighted by Crippen LogP contribution is -2.36. The molecule has 34 heavy (non-hydrogen) atoms. The third-order valence-corrected chi connectivity index (χ3v) is 5.92. The minimum Gasteiger partial charge on any atom is -0.491 e. The highest BCUT2D eigenvalue weighted by molar-refractivity contribution is 5.97. The standard InChI is InChI=1S/C26H33N5O3/c1-30(2)12-13-31(3)16-20(32)17-34-21-6-4-18(5-7-21)24-14-19(8-10-27-24)25-15-22-23(29-25)9-11-28-26(22)33/h4-8,10,14-15,20,29,32H,9,11-13,16-17H2,1-3H3,(H,28,33). The van der Waals surface area contributed by atoms with Gasteiger partial charge in [-0.1, -0.05) is 0 Å². The number of hydrogen-bond acceptors (Lipinski definition) is 6. The number of nitrogens with one attached hydrogen (secondary N) is 2. The van der Waals surface area contributed by atoms with Gasteiger partial charge in [0.1, 0.15) is 18.5 Å². The van der Waals surface area contributed by atoms with Gasteiger partial charge in [0.05, 0.1) is 11.3 Å². The highest BCUT2D eigenvalue weighted by Gasteiger charge is 2.20. The van der Waals surface area contributed by atoms with Crippen LogP contribution in [0.2, 0.25) is 0 Å². The molecule has 3 heterocycles. The molecule has 0 radical (unpaired) electrons. The van der Waals surface area contributed by atoms with Crippen molar-refractivity contribution < 1.29 is 14.6 Å². The molecule has 0 bridgehead atoms. The first-order valence-corrected chi connectivity index (χ1v) is 11.6. The van der Waals surface area contributed by atoms with Crippen molar-refractivity contribution in [3.63, 3.8) is 0 Å². The molecule has 8 nitrogen and oxygen atoms in total. The summed E-state index contributed by atoms with van der Waals surface area (Å²) in [6, 6.07) is 13.6. The second-order valence-corrected chi connectivity index (χ2v) is 9.07. The number of fused-ring (bicyclic) bond motifs is 1. The van der Waals surface area contributed by atoms with Crippen LogP contribution in [0.3, 0.4) is 0 Å². The predicted molar refractivity (Wildman–Crippen MR) is 133 cm³/mol. The molecule has 1 aliphatic rings. The number of carbonyl (C=O) groups excluding carboxylic acids is 1. The molecule has 0 aliphatic carbocycles. The number of rotatable bonds is 10. The number of aromatic nitrogens is 2. The average molecular weight is 464 g/mol. The molecule has 3 aromatic rings. The summed E-state index contributed by atoms with van der Waals surface area (Å²) < 4.78 is 5.78. The normalized spacial score (nSPS) is 14.2. The largest absolute Gasteiger partial charge is 0.491 e. The quantitative estimate of drug-likeness (QED) is 0.427. The number of ether oxygens (including phenoxy) is 1. The first-order valence-electron chi connectivity index (χ1n) is 11.6. The van der Waals surface area contributed by atoms with Gasteiger partial charge < -0.3 is 29.9 Å². The number of pyridine rings is 1.